The van der Waals surface area contributed by atoms with Gasteiger partial charge in [-0.2, -0.15) is 39.5 Å². The maximum Gasteiger partial charge on any atom is 0.416 e. The maximum absolute atomic E-state index is 14.1. The topological polar surface area (TPSA) is 14.2 Å². The largest absolute Gasteiger partial charge is 0.416 e. The minimum absolute atomic E-state index is 0.0578. The molecule has 0 bridgehead atoms. The zero-order valence-corrected chi connectivity index (χ0v) is 32.4. The normalized spacial score (nSPS) is 12.6. The highest BCUT2D eigenvalue weighted by Crippen LogP contribution is 2.46. The number of alkyl halides is 9. The SMILES string of the molecule is [C-]#[N+]c1ccc(-n2c3ccc(C(F)(F)F)cc3c3cc(C(F)(F)F)ccc32)c(-c2ccc(-c3ccc(C(F)(F)F)cc3C)cc2-n2c3ccc(C)cc3c3cc(C)ccc32)c1. The molecule has 3 nitrogen and oxygen atoms in total. The second-order valence-corrected chi connectivity index (χ2v) is 15.2. The lowest BCUT2D eigenvalue weighted by Gasteiger charge is -2.21. The summed E-state index contributed by atoms with van der Waals surface area (Å²) in [6, 6.07) is 31.6. The smallest absolute Gasteiger partial charge is 0.309 e. The molecule has 0 aliphatic heterocycles. The molecule has 0 unspecified atom stereocenters. The molecule has 0 fully saturated rings. The van der Waals surface area contributed by atoms with Crippen LogP contribution < -0.4 is 0 Å². The van der Waals surface area contributed by atoms with Crippen molar-refractivity contribution in [2.75, 3.05) is 0 Å². The standard InChI is InChI=1S/C49H30F9N3/c1-26-5-14-41-36(19-26)37-20-27(2)6-15-42(37)61(41)46-22-29(34-13-8-30(21-28(34)3)47(50,51)52)7-12-35(46)40-25-33(59-4)11-18-45(40)60-43-16-9-31(48(53,54)55)23-38(43)39-24-32(49(56,57)58)10-17-44(39)60/h5-25H,1-3H3. The first-order valence-electron chi connectivity index (χ1n) is 18.9. The fraction of sp³-hybridized carbons (Fsp3) is 0.122. The number of benzene rings is 7. The van der Waals surface area contributed by atoms with Crippen LogP contribution in [0, 0.1) is 27.3 Å². The predicted octanol–water partition coefficient (Wildman–Crippen LogP) is 15.7. The summed E-state index contributed by atoms with van der Waals surface area (Å²) in [5.74, 6) is 0. The number of fused-ring (bicyclic) bond motifs is 6. The van der Waals surface area contributed by atoms with Crippen LogP contribution in [-0.4, -0.2) is 9.13 Å². The minimum Gasteiger partial charge on any atom is -0.309 e. The van der Waals surface area contributed by atoms with Gasteiger partial charge in [-0.15, -0.1) is 0 Å². The molecule has 9 rings (SSSR count). The molecule has 0 saturated carbocycles. The van der Waals surface area contributed by atoms with E-state index in [2.05, 4.69) is 17.0 Å². The first-order valence-corrected chi connectivity index (χ1v) is 18.9. The van der Waals surface area contributed by atoms with Crippen LogP contribution in [-0.2, 0) is 18.5 Å². The van der Waals surface area contributed by atoms with Crippen molar-refractivity contribution >= 4 is 49.3 Å². The molecule has 0 radical (unpaired) electrons. The lowest BCUT2D eigenvalue weighted by atomic mass is 9.93. The van der Waals surface area contributed by atoms with Gasteiger partial charge in [0.25, 0.3) is 0 Å². The molecule has 0 aliphatic rings. The first-order chi connectivity index (χ1) is 28.8. The van der Waals surface area contributed by atoms with Gasteiger partial charge in [0, 0.05) is 27.1 Å². The Morgan fingerprint density at radius 2 is 0.852 bits per heavy atom. The van der Waals surface area contributed by atoms with Gasteiger partial charge < -0.3 is 9.13 Å². The third-order valence-electron chi connectivity index (χ3n) is 11.2. The van der Waals surface area contributed by atoms with Crippen molar-refractivity contribution in [3.05, 3.63) is 172 Å². The van der Waals surface area contributed by atoms with Gasteiger partial charge in [0.1, 0.15) is 0 Å². The fourth-order valence-electron chi connectivity index (χ4n) is 8.43. The molecule has 61 heavy (non-hydrogen) atoms. The highest BCUT2D eigenvalue weighted by molar-refractivity contribution is 6.12. The van der Waals surface area contributed by atoms with E-state index in [-0.39, 0.29) is 27.5 Å². The molecule has 0 amide bonds. The monoisotopic (exact) mass is 831 g/mol. The quantitative estimate of drug-likeness (QED) is 0.124. The summed E-state index contributed by atoms with van der Waals surface area (Å²) in [4.78, 5) is 3.69. The van der Waals surface area contributed by atoms with E-state index in [0.717, 1.165) is 69.3 Å². The van der Waals surface area contributed by atoms with E-state index in [1.165, 1.54) is 24.3 Å². The molecule has 0 atom stereocenters. The molecule has 2 heterocycles. The summed E-state index contributed by atoms with van der Waals surface area (Å²) < 4.78 is 130. The average Bonchev–Trinajstić information content (AvgIpc) is 3.70. The van der Waals surface area contributed by atoms with Crippen LogP contribution in [0.4, 0.5) is 45.2 Å². The molecular formula is C49H30F9N3. The van der Waals surface area contributed by atoms with Gasteiger partial charge in [-0.3, -0.25) is 0 Å². The van der Waals surface area contributed by atoms with Crippen molar-refractivity contribution in [2.24, 2.45) is 0 Å². The lowest BCUT2D eigenvalue weighted by Crippen LogP contribution is -2.05. The van der Waals surface area contributed by atoms with Crippen molar-refractivity contribution in [1.82, 2.24) is 9.13 Å². The molecule has 7 aromatic carbocycles. The van der Waals surface area contributed by atoms with E-state index in [0.29, 0.717) is 39.2 Å². The summed E-state index contributed by atoms with van der Waals surface area (Å²) >= 11 is 0. The number of hydrogen-bond acceptors (Lipinski definition) is 0. The van der Waals surface area contributed by atoms with E-state index >= 15 is 0 Å². The molecule has 0 saturated heterocycles. The molecular weight excluding hydrogens is 802 g/mol. The van der Waals surface area contributed by atoms with Crippen LogP contribution in [0.3, 0.4) is 0 Å². The molecule has 0 aliphatic carbocycles. The number of nitrogens with zero attached hydrogens (tertiary/aromatic N) is 3. The van der Waals surface area contributed by atoms with Gasteiger partial charge in [0.2, 0.25) is 0 Å². The molecule has 9 aromatic rings. The fourth-order valence-corrected chi connectivity index (χ4v) is 8.43. The Morgan fingerprint density at radius 1 is 0.410 bits per heavy atom. The molecule has 0 N–H and O–H groups in total. The van der Waals surface area contributed by atoms with Crippen molar-refractivity contribution in [3.8, 4) is 33.6 Å². The second-order valence-electron chi connectivity index (χ2n) is 15.2. The average molecular weight is 832 g/mol. The van der Waals surface area contributed by atoms with Gasteiger partial charge in [-0.05, 0) is 134 Å². The van der Waals surface area contributed by atoms with Crippen LogP contribution in [0.25, 0.3) is 82.1 Å². The van der Waals surface area contributed by atoms with E-state index in [1.807, 2.05) is 48.7 Å². The van der Waals surface area contributed by atoms with Gasteiger partial charge in [-0.1, -0.05) is 47.5 Å². The van der Waals surface area contributed by atoms with E-state index in [4.69, 9.17) is 6.57 Å². The zero-order chi connectivity index (χ0) is 43.3. The summed E-state index contributed by atoms with van der Waals surface area (Å²) in [7, 11) is 0. The number of aromatic nitrogens is 2. The van der Waals surface area contributed by atoms with Crippen LogP contribution in [0.2, 0.25) is 0 Å². The Morgan fingerprint density at radius 3 is 1.34 bits per heavy atom. The lowest BCUT2D eigenvalue weighted by molar-refractivity contribution is -0.138. The number of halogens is 9. The molecule has 0 spiro atoms. The number of rotatable bonds is 4. The molecule has 304 valence electrons. The number of hydrogen-bond donors (Lipinski definition) is 0. The first kappa shape index (κ1) is 39.5. The van der Waals surface area contributed by atoms with Crippen molar-refractivity contribution in [1.29, 1.82) is 0 Å². The van der Waals surface area contributed by atoms with Gasteiger partial charge >= 0.3 is 18.5 Å². The Bertz CT molecular complexity index is 3190. The zero-order valence-electron chi connectivity index (χ0n) is 32.4. The molecule has 12 heteroatoms. The number of aryl methyl sites for hydroxylation is 3. The van der Waals surface area contributed by atoms with E-state index < -0.39 is 35.2 Å². The predicted molar refractivity (Wildman–Crippen MR) is 221 cm³/mol. The Labute approximate surface area is 342 Å². The summed E-state index contributed by atoms with van der Waals surface area (Å²) in [6.07, 6.45) is -14.1. The van der Waals surface area contributed by atoms with Crippen LogP contribution in [0.1, 0.15) is 33.4 Å². The van der Waals surface area contributed by atoms with Crippen molar-refractivity contribution in [3.63, 3.8) is 0 Å². The van der Waals surface area contributed by atoms with Crippen molar-refractivity contribution < 1.29 is 39.5 Å². The van der Waals surface area contributed by atoms with Gasteiger partial charge in [-0.25, -0.2) is 4.85 Å². The Hall–Kier alpha value is -7.00. The van der Waals surface area contributed by atoms with Crippen LogP contribution in [0.15, 0.2) is 127 Å². The Balaban J connectivity index is 1.40. The third-order valence-corrected chi connectivity index (χ3v) is 11.2. The molecule has 2 aromatic heterocycles. The van der Waals surface area contributed by atoms with Crippen molar-refractivity contribution in [2.45, 2.75) is 39.3 Å². The summed E-state index contributed by atoms with van der Waals surface area (Å²) in [5.41, 5.74) is 4.70. The van der Waals surface area contributed by atoms with Crippen LogP contribution in [0.5, 0.6) is 0 Å². The highest BCUT2D eigenvalue weighted by Gasteiger charge is 2.34. The van der Waals surface area contributed by atoms with Gasteiger partial charge in [0.05, 0.1) is 56.7 Å². The maximum atomic E-state index is 14.1. The van der Waals surface area contributed by atoms with E-state index in [9.17, 15) is 39.5 Å². The Kier molecular flexibility index (Phi) is 8.91. The summed E-state index contributed by atoms with van der Waals surface area (Å²) in [5, 5.41) is 1.74. The van der Waals surface area contributed by atoms with Crippen LogP contribution >= 0.6 is 0 Å². The minimum atomic E-state index is -4.78. The van der Waals surface area contributed by atoms with E-state index in [1.54, 1.807) is 35.8 Å². The highest BCUT2D eigenvalue weighted by atomic mass is 19.4. The summed E-state index contributed by atoms with van der Waals surface area (Å²) in [6.45, 7) is 13.5. The van der Waals surface area contributed by atoms with Gasteiger partial charge in [0.15, 0.2) is 5.69 Å². The second kappa shape index (κ2) is 13.8. The third kappa shape index (κ3) is 6.65.